The number of esters is 1. The molecule has 1 aromatic heterocycles. The summed E-state index contributed by atoms with van der Waals surface area (Å²) in [5.74, 6) is 4.47. The standard InChI is InChI=1S/C13H17NO5S2/c1-14(21(17,18)7-5-13(16)19-2)9-11-8-12(20-10-11)4-3-6-15/h8,10,15H,5-7,9H2,1-2H3. The van der Waals surface area contributed by atoms with E-state index < -0.39 is 16.0 Å². The van der Waals surface area contributed by atoms with E-state index in [-0.39, 0.29) is 25.3 Å². The van der Waals surface area contributed by atoms with Crippen LogP contribution in [0.3, 0.4) is 0 Å². The first-order valence-corrected chi connectivity index (χ1v) is 8.56. The zero-order valence-electron chi connectivity index (χ0n) is 11.8. The zero-order chi connectivity index (χ0) is 15.9. The Bertz CT molecular complexity index is 639. The molecular weight excluding hydrogens is 314 g/mol. The number of hydrogen-bond donors (Lipinski definition) is 1. The predicted octanol–water partition coefficient (Wildman–Crippen LogP) is 0.417. The van der Waals surface area contributed by atoms with Crippen molar-refractivity contribution in [3.63, 3.8) is 0 Å². The van der Waals surface area contributed by atoms with Crippen molar-refractivity contribution >= 4 is 27.3 Å². The molecule has 0 radical (unpaired) electrons. The van der Waals surface area contributed by atoms with Crippen LogP contribution in [0.1, 0.15) is 16.9 Å². The van der Waals surface area contributed by atoms with Crippen LogP contribution in [0, 0.1) is 11.8 Å². The first-order valence-electron chi connectivity index (χ1n) is 6.07. The second kappa shape index (κ2) is 8.14. The highest BCUT2D eigenvalue weighted by atomic mass is 32.2. The lowest BCUT2D eigenvalue weighted by molar-refractivity contribution is -0.140. The van der Waals surface area contributed by atoms with Crippen molar-refractivity contribution < 1.29 is 23.1 Å². The van der Waals surface area contributed by atoms with E-state index >= 15 is 0 Å². The minimum Gasteiger partial charge on any atom is -0.469 e. The van der Waals surface area contributed by atoms with Gasteiger partial charge in [-0.25, -0.2) is 12.7 Å². The average molecular weight is 331 g/mol. The van der Waals surface area contributed by atoms with Crippen LogP contribution >= 0.6 is 11.3 Å². The summed E-state index contributed by atoms with van der Waals surface area (Å²) in [5.41, 5.74) is 0.811. The van der Waals surface area contributed by atoms with Gasteiger partial charge in [0, 0.05) is 13.6 Å². The molecule has 0 saturated heterocycles. The lowest BCUT2D eigenvalue weighted by atomic mass is 10.3. The fraction of sp³-hybridized carbons (Fsp3) is 0.462. The number of ether oxygens (including phenoxy) is 1. The topological polar surface area (TPSA) is 83.9 Å². The van der Waals surface area contributed by atoms with E-state index in [0.29, 0.717) is 0 Å². The molecule has 0 aromatic carbocycles. The van der Waals surface area contributed by atoms with Crippen molar-refractivity contribution in [1.82, 2.24) is 4.31 Å². The minimum absolute atomic E-state index is 0.167. The summed E-state index contributed by atoms with van der Waals surface area (Å²) in [4.78, 5) is 11.8. The number of hydrogen-bond acceptors (Lipinski definition) is 6. The normalized spacial score (nSPS) is 11.0. The number of methoxy groups -OCH3 is 1. The second-order valence-corrected chi connectivity index (χ2v) is 7.28. The molecule has 0 fully saturated rings. The van der Waals surface area contributed by atoms with Crippen LogP contribution < -0.4 is 0 Å². The van der Waals surface area contributed by atoms with Crippen LogP contribution in [0.15, 0.2) is 11.4 Å². The third kappa shape index (κ3) is 5.85. The van der Waals surface area contributed by atoms with Gasteiger partial charge in [0.25, 0.3) is 0 Å². The van der Waals surface area contributed by atoms with E-state index in [9.17, 15) is 13.2 Å². The number of thiophene rings is 1. The number of carbonyl (C=O) groups excluding carboxylic acids is 1. The van der Waals surface area contributed by atoms with Crippen LogP contribution in [-0.4, -0.2) is 50.3 Å². The van der Waals surface area contributed by atoms with Gasteiger partial charge in [0.05, 0.1) is 24.2 Å². The molecular formula is C13H17NO5S2. The molecule has 116 valence electrons. The van der Waals surface area contributed by atoms with Gasteiger partial charge < -0.3 is 9.84 Å². The fourth-order valence-corrected chi connectivity index (χ4v) is 3.33. The Morgan fingerprint density at radius 3 is 2.86 bits per heavy atom. The molecule has 8 heteroatoms. The Labute approximate surface area is 128 Å². The highest BCUT2D eigenvalue weighted by Gasteiger charge is 2.20. The molecule has 6 nitrogen and oxygen atoms in total. The van der Waals surface area contributed by atoms with Gasteiger partial charge in [-0.2, -0.15) is 0 Å². The molecule has 0 bridgehead atoms. The van der Waals surface area contributed by atoms with Crippen molar-refractivity contribution in [2.24, 2.45) is 0 Å². The lowest BCUT2D eigenvalue weighted by Gasteiger charge is -2.15. The maximum atomic E-state index is 12.0. The maximum absolute atomic E-state index is 12.0. The van der Waals surface area contributed by atoms with Crippen LogP contribution in [0.4, 0.5) is 0 Å². The fourth-order valence-electron chi connectivity index (χ4n) is 1.48. The number of carbonyl (C=O) groups is 1. The number of aliphatic hydroxyl groups excluding tert-OH is 1. The summed E-state index contributed by atoms with van der Waals surface area (Å²) < 4.78 is 29.6. The average Bonchev–Trinajstić information content (AvgIpc) is 2.90. The summed E-state index contributed by atoms with van der Waals surface area (Å²) in [6, 6.07) is 1.78. The first-order chi connectivity index (χ1) is 9.89. The van der Waals surface area contributed by atoms with E-state index in [0.717, 1.165) is 10.4 Å². The van der Waals surface area contributed by atoms with Gasteiger partial charge in [-0.3, -0.25) is 4.79 Å². The molecule has 0 spiro atoms. The van der Waals surface area contributed by atoms with E-state index in [2.05, 4.69) is 16.6 Å². The van der Waals surface area contributed by atoms with Crippen molar-refractivity contribution in [2.45, 2.75) is 13.0 Å². The molecule has 1 rings (SSSR count). The largest absolute Gasteiger partial charge is 0.469 e. The van der Waals surface area contributed by atoms with Gasteiger partial charge in [-0.1, -0.05) is 11.8 Å². The molecule has 1 aromatic rings. The van der Waals surface area contributed by atoms with Crippen molar-refractivity contribution in [3.8, 4) is 11.8 Å². The Kier molecular flexibility index (Phi) is 6.84. The van der Waals surface area contributed by atoms with Gasteiger partial charge >= 0.3 is 5.97 Å². The molecule has 0 unspecified atom stereocenters. The molecule has 0 atom stereocenters. The molecule has 0 aliphatic carbocycles. The molecule has 0 aliphatic heterocycles. The SMILES string of the molecule is COC(=O)CCS(=O)(=O)N(C)Cc1csc(C#CCO)c1. The second-order valence-electron chi connectivity index (χ2n) is 4.18. The molecule has 1 heterocycles. The maximum Gasteiger partial charge on any atom is 0.306 e. The summed E-state index contributed by atoms with van der Waals surface area (Å²) in [7, 11) is -0.827. The third-order valence-electron chi connectivity index (χ3n) is 2.62. The highest BCUT2D eigenvalue weighted by molar-refractivity contribution is 7.89. The van der Waals surface area contributed by atoms with Crippen molar-refractivity contribution in [2.75, 3.05) is 26.5 Å². The molecule has 0 saturated carbocycles. The third-order valence-corrected chi connectivity index (χ3v) is 5.31. The highest BCUT2D eigenvalue weighted by Crippen LogP contribution is 2.16. The van der Waals surface area contributed by atoms with Gasteiger partial charge in [0.1, 0.15) is 6.61 Å². The number of sulfonamides is 1. The van der Waals surface area contributed by atoms with Crippen molar-refractivity contribution in [3.05, 3.63) is 21.9 Å². The van der Waals surface area contributed by atoms with E-state index in [4.69, 9.17) is 5.11 Å². The molecule has 21 heavy (non-hydrogen) atoms. The molecule has 1 N–H and O–H groups in total. The quantitative estimate of drug-likeness (QED) is 0.603. The summed E-state index contributed by atoms with van der Waals surface area (Å²) in [6.07, 6.45) is -0.167. The van der Waals surface area contributed by atoms with Gasteiger partial charge in [-0.05, 0) is 17.0 Å². The van der Waals surface area contributed by atoms with Crippen LogP contribution in [0.2, 0.25) is 0 Å². The monoisotopic (exact) mass is 331 g/mol. The van der Waals surface area contributed by atoms with Crippen LogP contribution in [0.25, 0.3) is 0 Å². The Morgan fingerprint density at radius 1 is 1.52 bits per heavy atom. The Morgan fingerprint density at radius 2 is 2.24 bits per heavy atom. The number of nitrogens with zero attached hydrogens (tertiary/aromatic N) is 1. The van der Waals surface area contributed by atoms with Crippen LogP contribution in [0.5, 0.6) is 0 Å². The van der Waals surface area contributed by atoms with E-state index in [1.54, 1.807) is 6.07 Å². The van der Waals surface area contributed by atoms with Gasteiger partial charge in [0.2, 0.25) is 10.0 Å². The minimum atomic E-state index is -3.51. The van der Waals surface area contributed by atoms with E-state index in [1.165, 1.54) is 29.8 Å². The van der Waals surface area contributed by atoms with E-state index in [1.807, 2.05) is 5.38 Å². The van der Waals surface area contributed by atoms with Gasteiger partial charge in [-0.15, -0.1) is 11.3 Å². The van der Waals surface area contributed by atoms with Crippen molar-refractivity contribution in [1.29, 1.82) is 0 Å². The number of rotatable bonds is 6. The first kappa shape index (κ1) is 17.7. The molecule has 0 amide bonds. The lowest BCUT2D eigenvalue weighted by Crippen LogP contribution is -2.29. The smallest absolute Gasteiger partial charge is 0.306 e. The Balaban J connectivity index is 2.64. The zero-order valence-corrected chi connectivity index (χ0v) is 13.5. The van der Waals surface area contributed by atoms with Crippen LogP contribution in [-0.2, 0) is 26.1 Å². The predicted molar refractivity (Wildman–Crippen MR) is 80.2 cm³/mol. The summed E-state index contributed by atoms with van der Waals surface area (Å²) in [6.45, 7) is -0.00411. The van der Waals surface area contributed by atoms with Gasteiger partial charge in [0.15, 0.2) is 0 Å². The summed E-state index contributed by atoms with van der Waals surface area (Å²) in [5, 5.41) is 10.4. The molecule has 0 aliphatic rings. The Hall–Kier alpha value is -1.40. The number of aliphatic hydroxyl groups is 1. The summed E-state index contributed by atoms with van der Waals surface area (Å²) >= 11 is 1.38.